The van der Waals surface area contributed by atoms with Crippen molar-refractivity contribution in [2.75, 3.05) is 36.1 Å². The second-order valence-corrected chi connectivity index (χ2v) is 14.5. The van der Waals surface area contributed by atoms with E-state index < -0.39 is 35.1 Å². The van der Waals surface area contributed by atoms with Crippen LogP contribution in [0.5, 0.6) is 5.75 Å². The molecule has 270 valence electrons. The maximum absolute atomic E-state index is 15.3. The second kappa shape index (κ2) is 14.3. The Hall–Kier alpha value is -4.47. The summed E-state index contributed by atoms with van der Waals surface area (Å²) in [5, 5.41) is 12.9. The van der Waals surface area contributed by atoms with E-state index in [0.717, 1.165) is 10.8 Å². The predicted molar refractivity (Wildman–Crippen MR) is 201 cm³/mol. The van der Waals surface area contributed by atoms with Gasteiger partial charge in [-0.05, 0) is 79.3 Å². The van der Waals surface area contributed by atoms with Gasteiger partial charge in [-0.1, -0.05) is 69.7 Å². The number of fused-ring (bicyclic) bond motifs is 2. The number of hydrogen-bond acceptors (Lipinski definition) is 6. The lowest BCUT2D eigenvalue weighted by molar-refractivity contribution is -0.150. The van der Waals surface area contributed by atoms with Gasteiger partial charge in [-0.25, -0.2) is 0 Å². The number of carbonyl (C=O) groups is 3. The summed E-state index contributed by atoms with van der Waals surface area (Å²) >= 11 is 0. The summed E-state index contributed by atoms with van der Waals surface area (Å²) < 4.78 is 12.7. The van der Waals surface area contributed by atoms with Crippen molar-refractivity contribution in [1.29, 1.82) is 0 Å². The first kappa shape index (κ1) is 36.3. The second-order valence-electron chi connectivity index (χ2n) is 14.5. The standard InChI is InChI=1S/C42H51N3O6/c1-8-22-43(31-18-20-33(21-19-31)50-11-4)38(47)35-36-39(48)45(34(26-46)27(5)10-3)37(42(36)25-28(6)41(35,7)51-42)40(49)44(23-9-2)32-17-16-29-14-12-13-15-30(29)24-32/h8-9,12-21,24,27-28,34-37,46H,1-2,10-11,22-23,25-26H2,3-7H3/t27-,28?,34-,35-,36-,37?,41+,42?/m0/s1. The molecule has 3 heterocycles. The van der Waals surface area contributed by atoms with Gasteiger partial charge < -0.3 is 29.3 Å². The van der Waals surface area contributed by atoms with Gasteiger partial charge in [0.25, 0.3) is 5.91 Å². The molecule has 3 aliphatic rings. The van der Waals surface area contributed by atoms with E-state index in [1.54, 1.807) is 26.9 Å². The van der Waals surface area contributed by atoms with E-state index in [0.29, 0.717) is 36.6 Å². The van der Waals surface area contributed by atoms with Crippen LogP contribution in [0.4, 0.5) is 11.4 Å². The number of aliphatic hydroxyl groups excluding tert-OH is 1. The maximum Gasteiger partial charge on any atom is 0.253 e. The van der Waals surface area contributed by atoms with Crippen LogP contribution in [0.3, 0.4) is 0 Å². The molecule has 9 nitrogen and oxygen atoms in total. The molecule has 1 N–H and O–H groups in total. The van der Waals surface area contributed by atoms with E-state index in [4.69, 9.17) is 9.47 Å². The molecule has 0 saturated carbocycles. The SMILES string of the molecule is C=CCN(C(=O)C1N([C@@H](CO)[C@@H](C)CC)C(=O)[C@@H]2[C@@H](C(=O)N(CC=C)c3ccc(OCC)cc3)[C@]3(C)OC12CC3C)c1ccc2ccccc2c1. The Morgan fingerprint density at radius 2 is 1.63 bits per heavy atom. The Bertz CT molecular complexity index is 1810. The molecule has 0 aromatic heterocycles. The van der Waals surface area contributed by atoms with Crippen LogP contribution in [-0.2, 0) is 19.1 Å². The van der Waals surface area contributed by atoms with Crippen molar-refractivity contribution in [2.45, 2.75) is 70.7 Å². The Morgan fingerprint density at radius 1 is 1.00 bits per heavy atom. The lowest BCUT2D eigenvalue weighted by Crippen LogP contribution is -2.60. The van der Waals surface area contributed by atoms with Crippen molar-refractivity contribution >= 4 is 39.9 Å². The fourth-order valence-corrected chi connectivity index (χ4v) is 8.96. The third-order valence-corrected chi connectivity index (χ3v) is 11.8. The van der Waals surface area contributed by atoms with Crippen LogP contribution in [0.25, 0.3) is 10.8 Å². The number of benzene rings is 3. The van der Waals surface area contributed by atoms with Crippen molar-refractivity contribution in [1.82, 2.24) is 4.90 Å². The first-order chi connectivity index (χ1) is 24.5. The minimum atomic E-state index is -1.29. The number of nitrogens with zero attached hydrogens (tertiary/aromatic N) is 3. The highest BCUT2D eigenvalue weighted by Gasteiger charge is 2.80. The summed E-state index contributed by atoms with van der Waals surface area (Å²) in [6.45, 7) is 18.3. The number of aliphatic hydroxyl groups is 1. The minimum Gasteiger partial charge on any atom is -0.494 e. The third-order valence-electron chi connectivity index (χ3n) is 11.8. The van der Waals surface area contributed by atoms with Crippen LogP contribution < -0.4 is 14.5 Å². The zero-order valence-corrected chi connectivity index (χ0v) is 30.5. The van der Waals surface area contributed by atoms with Gasteiger partial charge in [0.1, 0.15) is 17.4 Å². The molecule has 9 heteroatoms. The van der Waals surface area contributed by atoms with E-state index in [9.17, 15) is 5.11 Å². The lowest BCUT2D eigenvalue weighted by atomic mass is 9.62. The number of anilines is 2. The van der Waals surface area contributed by atoms with Crippen LogP contribution in [0.2, 0.25) is 0 Å². The van der Waals surface area contributed by atoms with Gasteiger partial charge in [0.05, 0.1) is 36.7 Å². The highest BCUT2D eigenvalue weighted by Crippen LogP contribution is 2.66. The molecule has 0 radical (unpaired) electrons. The first-order valence-corrected chi connectivity index (χ1v) is 18.2. The molecule has 3 unspecified atom stereocenters. The minimum absolute atomic E-state index is 0.126. The van der Waals surface area contributed by atoms with E-state index in [-0.39, 0.29) is 49.3 Å². The molecule has 3 aromatic carbocycles. The first-order valence-electron chi connectivity index (χ1n) is 18.2. The molecule has 6 rings (SSSR count). The highest BCUT2D eigenvalue weighted by atomic mass is 16.5. The molecule has 3 fully saturated rings. The Labute approximate surface area is 301 Å². The summed E-state index contributed by atoms with van der Waals surface area (Å²) in [5.74, 6) is -2.32. The summed E-state index contributed by atoms with van der Waals surface area (Å²) in [4.78, 5) is 50.4. The monoisotopic (exact) mass is 693 g/mol. The van der Waals surface area contributed by atoms with Crippen LogP contribution in [0.1, 0.15) is 47.5 Å². The molecular weight excluding hydrogens is 642 g/mol. The summed E-state index contributed by atoms with van der Waals surface area (Å²) in [5.41, 5.74) is -1.00. The molecule has 3 aliphatic heterocycles. The number of amides is 3. The van der Waals surface area contributed by atoms with Gasteiger partial charge in [0, 0.05) is 24.5 Å². The molecule has 8 atom stereocenters. The van der Waals surface area contributed by atoms with Crippen LogP contribution in [0.15, 0.2) is 92.0 Å². The molecule has 3 amide bonds. The van der Waals surface area contributed by atoms with Crippen LogP contribution >= 0.6 is 0 Å². The number of likely N-dealkylation sites (tertiary alicyclic amines) is 1. The summed E-state index contributed by atoms with van der Waals surface area (Å²) in [6, 6.07) is 19.4. The fraction of sp³-hybridized carbons (Fsp3) is 0.452. The van der Waals surface area contributed by atoms with Crippen molar-refractivity contribution in [2.24, 2.45) is 23.7 Å². The van der Waals surface area contributed by atoms with Crippen molar-refractivity contribution in [3.8, 4) is 5.75 Å². The normalized spacial score (nSPS) is 27.6. The van der Waals surface area contributed by atoms with Crippen molar-refractivity contribution in [3.05, 3.63) is 92.0 Å². The van der Waals surface area contributed by atoms with Crippen molar-refractivity contribution in [3.63, 3.8) is 0 Å². The average Bonchev–Trinajstić information content (AvgIpc) is 3.65. The van der Waals surface area contributed by atoms with Crippen LogP contribution in [0, 0.1) is 23.7 Å². The predicted octanol–water partition coefficient (Wildman–Crippen LogP) is 6.39. The molecule has 2 bridgehead atoms. The number of hydrogen-bond donors (Lipinski definition) is 1. The zero-order chi connectivity index (χ0) is 36.7. The molecule has 3 aromatic rings. The van der Waals surface area contributed by atoms with E-state index in [1.807, 2.05) is 101 Å². The molecule has 1 spiro atoms. The van der Waals surface area contributed by atoms with Gasteiger partial charge >= 0.3 is 0 Å². The van der Waals surface area contributed by atoms with E-state index in [1.165, 1.54) is 0 Å². The highest BCUT2D eigenvalue weighted by molar-refractivity contribution is 6.07. The van der Waals surface area contributed by atoms with Gasteiger partial charge in [-0.3, -0.25) is 14.4 Å². The number of carbonyl (C=O) groups excluding carboxylic acids is 3. The Kier molecular flexibility index (Phi) is 10.2. The van der Waals surface area contributed by atoms with Gasteiger partial charge in [-0.2, -0.15) is 0 Å². The smallest absolute Gasteiger partial charge is 0.253 e. The van der Waals surface area contributed by atoms with E-state index in [2.05, 4.69) is 13.2 Å². The Balaban J connectivity index is 1.48. The summed E-state index contributed by atoms with van der Waals surface area (Å²) in [6.07, 6.45) is 4.44. The van der Waals surface area contributed by atoms with Crippen molar-refractivity contribution < 1.29 is 29.0 Å². The average molecular weight is 694 g/mol. The fourth-order valence-electron chi connectivity index (χ4n) is 8.96. The van der Waals surface area contributed by atoms with Gasteiger partial charge in [0.2, 0.25) is 11.8 Å². The van der Waals surface area contributed by atoms with Gasteiger partial charge in [-0.15, -0.1) is 13.2 Å². The molecule has 3 saturated heterocycles. The lowest BCUT2D eigenvalue weighted by Gasteiger charge is -2.41. The number of ether oxygens (including phenoxy) is 2. The van der Waals surface area contributed by atoms with E-state index >= 15 is 14.4 Å². The van der Waals surface area contributed by atoms with Crippen LogP contribution in [-0.4, -0.2) is 77.3 Å². The quantitative estimate of drug-likeness (QED) is 0.197. The largest absolute Gasteiger partial charge is 0.494 e. The third kappa shape index (κ3) is 5.84. The zero-order valence-electron chi connectivity index (χ0n) is 30.5. The topological polar surface area (TPSA) is 99.6 Å². The molecule has 0 aliphatic carbocycles. The number of rotatable bonds is 14. The summed E-state index contributed by atoms with van der Waals surface area (Å²) in [7, 11) is 0. The molecule has 51 heavy (non-hydrogen) atoms. The van der Waals surface area contributed by atoms with Gasteiger partial charge in [0.15, 0.2) is 0 Å². The Morgan fingerprint density at radius 3 is 2.24 bits per heavy atom. The maximum atomic E-state index is 15.3. The molecular formula is C42H51N3O6.